The van der Waals surface area contributed by atoms with Crippen LogP contribution in [0.25, 0.3) is 17.0 Å². The van der Waals surface area contributed by atoms with Gasteiger partial charge in [-0.05, 0) is 66.8 Å². The third kappa shape index (κ3) is 6.13. The molecule has 34 heavy (non-hydrogen) atoms. The van der Waals surface area contributed by atoms with Crippen molar-refractivity contribution in [2.45, 2.75) is 46.3 Å². The Hall–Kier alpha value is -3.87. The number of hydrogen-bond acceptors (Lipinski definition) is 6. The number of nitrogens with one attached hydrogen (secondary N) is 1. The molecule has 0 radical (unpaired) electrons. The van der Waals surface area contributed by atoms with Crippen molar-refractivity contribution in [1.29, 1.82) is 0 Å². The Kier molecular flexibility index (Phi) is 7.89. The van der Waals surface area contributed by atoms with Crippen LogP contribution in [0.3, 0.4) is 0 Å². The van der Waals surface area contributed by atoms with Gasteiger partial charge in [0, 0.05) is 23.1 Å². The lowest BCUT2D eigenvalue weighted by Gasteiger charge is -2.15. The van der Waals surface area contributed by atoms with Gasteiger partial charge in [0.05, 0.1) is 7.11 Å². The first-order chi connectivity index (χ1) is 16.2. The smallest absolute Gasteiger partial charge is 0.336 e. The summed E-state index contributed by atoms with van der Waals surface area (Å²) in [5.41, 5.74) is 3.46. The van der Waals surface area contributed by atoms with Crippen molar-refractivity contribution in [3.05, 3.63) is 81.2 Å². The molecule has 178 valence electrons. The molecular weight excluding hydrogens is 434 g/mol. The van der Waals surface area contributed by atoms with E-state index in [0.717, 1.165) is 27.8 Å². The average molecular weight is 464 g/mol. The quantitative estimate of drug-likeness (QED) is 0.300. The van der Waals surface area contributed by atoms with E-state index in [1.54, 1.807) is 32.2 Å². The van der Waals surface area contributed by atoms with Crippen LogP contribution >= 0.6 is 0 Å². The lowest BCUT2D eigenvalue weighted by Crippen LogP contribution is -2.38. The zero-order valence-corrected chi connectivity index (χ0v) is 20.0. The van der Waals surface area contributed by atoms with E-state index in [4.69, 9.17) is 13.9 Å². The van der Waals surface area contributed by atoms with Gasteiger partial charge in [0.2, 0.25) is 5.91 Å². The van der Waals surface area contributed by atoms with E-state index in [0.29, 0.717) is 11.1 Å². The van der Waals surface area contributed by atoms with Crippen molar-refractivity contribution in [2.75, 3.05) is 7.11 Å². The highest BCUT2D eigenvalue weighted by Crippen LogP contribution is 2.27. The van der Waals surface area contributed by atoms with Crippen molar-refractivity contribution in [1.82, 2.24) is 5.32 Å². The molecule has 3 aromatic rings. The number of carbonyl (C=O) groups excluding carboxylic acids is 2. The van der Waals surface area contributed by atoms with Gasteiger partial charge in [-0.2, -0.15) is 0 Å². The predicted molar refractivity (Wildman–Crippen MR) is 131 cm³/mol. The Morgan fingerprint density at radius 1 is 1.09 bits per heavy atom. The predicted octanol–water partition coefficient (Wildman–Crippen LogP) is 4.49. The number of methoxy groups -OCH3 is 1. The number of esters is 1. The molecule has 1 heterocycles. The summed E-state index contributed by atoms with van der Waals surface area (Å²) in [6.45, 7) is 7.57. The lowest BCUT2D eigenvalue weighted by molar-refractivity contribution is -0.148. The van der Waals surface area contributed by atoms with Gasteiger partial charge in [-0.3, -0.25) is 4.79 Å². The summed E-state index contributed by atoms with van der Waals surface area (Å²) in [4.78, 5) is 36.7. The number of hydrogen-bond donors (Lipinski definition) is 1. The minimum Gasteiger partial charge on any atom is -0.497 e. The molecule has 1 N–H and O–H groups in total. The minimum atomic E-state index is -0.868. The van der Waals surface area contributed by atoms with Crippen LogP contribution in [-0.2, 0) is 20.9 Å². The summed E-state index contributed by atoms with van der Waals surface area (Å²) in [5, 5.41) is 3.31. The van der Waals surface area contributed by atoms with Crippen LogP contribution < -0.4 is 15.7 Å². The number of ether oxygens (including phenoxy) is 2. The van der Waals surface area contributed by atoms with Gasteiger partial charge >= 0.3 is 11.6 Å². The standard InChI is InChI=1S/C27H29NO6/c1-16(2)22-14-23-20(13-26(30)34-24(23)12-17(22)3)15-33-27(31)18(4)28-25(29)11-8-19-6-9-21(32-5)10-7-19/h6-14,16,18H,15H2,1-5H3,(H,28,29). The number of benzene rings is 2. The highest BCUT2D eigenvalue weighted by Gasteiger charge is 2.18. The maximum Gasteiger partial charge on any atom is 0.336 e. The molecule has 1 aromatic heterocycles. The zero-order valence-electron chi connectivity index (χ0n) is 20.0. The van der Waals surface area contributed by atoms with Gasteiger partial charge < -0.3 is 19.2 Å². The summed E-state index contributed by atoms with van der Waals surface area (Å²) in [7, 11) is 1.58. The second-order valence-electron chi connectivity index (χ2n) is 8.39. The lowest BCUT2D eigenvalue weighted by atomic mass is 9.95. The first-order valence-electron chi connectivity index (χ1n) is 11.0. The number of aryl methyl sites for hydroxylation is 1. The fourth-order valence-corrected chi connectivity index (χ4v) is 3.61. The molecule has 1 amide bonds. The molecule has 7 heteroatoms. The molecule has 0 bridgehead atoms. The van der Waals surface area contributed by atoms with Gasteiger partial charge in [-0.15, -0.1) is 0 Å². The maximum absolute atomic E-state index is 12.5. The second kappa shape index (κ2) is 10.8. The SMILES string of the molecule is COc1ccc(C=CC(=O)NC(C)C(=O)OCc2cc(=O)oc3cc(C)c(C(C)C)cc23)cc1. The van der Waals surface area contributed by atoms with Crippen molar-refractivity contribution >= 4 is 28.9 Å². The molecule has 0 aliphatic carbocycles. The van der Waals surface area contributed by atoms with Crippen molar-refractivity contribution in [3.63, 3.8) is 0 Å². The normalized spacial score (nSPS) is 12.2. The number of carbonyl (C=O) groups is 2. The van der Waals surface area contributed by atoms with Crippen LogP contribution in [0.4, 0.5) is 0 Å². The van der Waals surface area contributed by atoms with E-state index in [2.05, 4.69) is 19.2 Å². The summed E-state index contributed by atoms with van der Waals surface area (Å²) >= 11 is 0. The van der Waals surface area contributed by atoms with Crippen LogP contribution in [0, 0.1) is 6.92 Å². The van der Waals surface area contributed by atoms with Crippen LogP contribution in [0.1, 0.15) is 48.9 Å². The largest absolute Gasteiger partial charge is 0.497 e. The van der Waals surface area contributed by atoms with Gasteiger partial charge in [0.15, 0.2) is 0 Å². The Bertz CT molecular complexity index is 1270. The van der Waals surface area contributed by atoms with Gasteiger partial charge in [0.25, 0.3) is 0 Å². The molecule has 0 fully saturated rings. The van der Waals surface area contributed by atoms with Crippen LogP contribution in [0.2, 0.25) is 0 Å². The molecule has 0 spiro atoms. The third-order valence-electron chi connectivity index (χ3n) is 5.46. The van der Waals surface area contributed by atoms with Crippen molar-refractivity contribution in [3.8, 4) is 5.75 Å². The number of amides is 1. The topological polar surface area (TPSA) is 94.8 Å². The molecule has 0 aliphatic heterocycles. The van der Waals surface area contributed by atoms with Gasteiger partial charge in [0.1, 0.15) is 24.0 Å². The first kappa shape index (κ1) is 24.8. The van der Waals surface area contributed by atoms with Gasteiger partial charge in [-0.1, -0.05) is 26.0 Å². The molecule has 1 unspecified atom stereocenters. The average Bonchev–Trinajstić information content (AvgIpc) is 2.80. The van der Waals surface area contributed by atoms with E-state index in [1.807, 2.05) is 31.2 Å². The first-order valence-corrected chi connectivity index (χ1v) is 11.0. The number of fused-ring (bicyclic) bond motifs is 1. The summed E-state index contributed by atoms with van der Waals surface area (Å²) in [6, 6.07) is 11.5. The summed E-state index contributed by atoms with van der Waals surface area (Å²) < 4.78 is 15.8. The molecule has 0 saturated heterocycles. The molecule has 7 nitrogen and oxygen atoms in total. The van der Waals surface area contributed by atoms with Crippen molar-refractivity contribution in [2.24, 2.45) is 0 Å². The van der Waals surface area contributed by atoms with E-state index >= 15 is 0 Å². The summed E-state index contributed by atoms with van der Waals surface area (Å²) in [5.74, 6) is -0.0302. The fraction of sp³-hybridized carbons (Fsp3) is 0.296. The summed E-state index contributed by atoms with van der Waals surface area (Å²) in [6.07, 6.45) is 2.98. The monoisotopic (exact) mass is 463 g/mol. The van der Waals surface area contributed by atoms with Crippen molar-refractivity contribution < 1.29 is 23.5 Å². The highest BCUT2D eigenvalue weighted by molar-refractivity contribution is 5.94. The van der Waals surface area contributed by atoms with Crippen LogP contribution in [-0.4, -0.2) is 25.0 Å². The molecular formula is C27H29NO6. The molecule has 0 aliphatic rings. The van der Waals surface area contributed by atoms with E-state index in [-0.39, 0.29) is 12.5 Å². The van der Waals surface area contributed by atoms with Crippen LogP contribution in [0.15, 0.2) is 57.8 Å². The Morgan fingerprint density at radius 2 is 1.79 bits per heavy atom. The molecule has 0 saturated carbocycles. The zero-order chi connectivity index (χ0) is 24.8. The minimum absolute atomic E-state index is 0.108. The Balaban J connectivity index is 1.65. The fourth-order valence-electron chi connectivity index (χ4n) is 3.61. The van der Waals surface area contributed by atoms with E-state index in [1.165, 1.54) is 12.1 Å². The maximum atomic E-state index is 12.5. The van der Waals surface area contributed by atoms with Gasteiger partial charge in [-0.25, -0.2) is 9.59 Å². The molecule has 2 aromatic carbocycles. The van der Waals surface area contributed by atoms with E-state index < -0.39 is 23.5 Å². The third-order valence-corrected chi connectivity index (χ3v) is 5.46. The molecule has 1 atom stereocenters. The van der Waals surface area contributed by atoms with Crippen LogP contribution in [0.5, 0.6) is 5.75 Å². The Labute approximate surface area is 198 Å². The number of rotatable bonds is 8. The van der Waals surface area contributed by atoms with E-state index in [9.17, 15) is 14.4 Å². The molecule has 3 rings (SSSR count). The second-order valence-corrected chi connectivity index (χ2v) is 8.39. The highest BCUT2D eigenvalue weighted by atomic mass is 16.5. The Morgan fingerprint density at radius 3 is 2.44 bits per heavy atom.